The van der Waals surface area contributed by atoms with Gasteiger partial charge in [-0.15, -0.1) is 0 Å². The molecule has 1 atom stereocenters. The number of rotatable bonds is 6. The van der Waals surface area contributed by atoms with Crippen molar-refractivity contribution in [1.29, 1.82) is 0 Å². The number of nitrogens with one attached hydrogen (secondary N) is 1. The average Bonchev–Trinajstić information content (AvgIpc) is 2.46. The number of carbonyl (C=O) groups is 1. The third-order valence-electron chi connectivity index (χ3n) is 3.04. The molecule has 0 fully saturated rings. The highest BCUT2D eigenvalue weighted by molar-refractivity contribution is 5.94. The molecule has 4 N–H and O–H groups in total. The summed E-state index contributed by atoms with van der Waals surface area (Å²) < 4.78 is 0. The number of nitrogens with two attached hydrogens (primary N) is 1. The number of carbonyl (C=O) groups excluding carboxylic acids is 1. The molecule has 0 saturated heterocycles. The Morgan fingerprint density at radius 1 is 1.37 bits per heavy atom. The Hall–Kier alpha value is -2.04. The third kappa shape index (κ3) is 4.62. The minimum absolute atomic E-state index is 0.119. The molecule has 1 aromatic rings. The van der Waals surface area contributed by atoms with Gasteiger partial charge in [0, 0.05) is 18.0 Å². The van der Waals surface area contributed by atoms with Crippen LogP contribution in [0.25, 0.3) is 0 Å². The first-order chi connectivity index (χ1) is 9.10. The van der Waals surface area contributed by atoms with Crippen LogP contribution in [0.4, 0.5) is 0 Å². The first-order valence-electron chi connectivity index (χ1n) is 6.46. The quantitative estimate of drug-likeness (QED) is 0.317. The highest BCUT2D eigenvalue weighted by atomic mass is 16.4. The molecule has 1 amide bonds. The minimum atomic E-state index is -0.139. The van der Waals surface area contributed by atoms with Crippen LogP contribution in [0.15, 0.2) is 29.4 Å². The maximum atomic E-state index is 12.0. The fraction of sp³-hybridized carbons (Fsp3) is 0.429. The lowest BCUT2D eigenvalue weighted by Gasteiger charge is -2.16. The Morgan fingerprint density at radius 3 is 2.47 bits per heavy atom. The van der Waals surface area contributed by atoms with E-state index in [-0.39, 0.29) is 17.8 Å². The smallest absolute Gasteiger partial charge is 0.251 e. The van der Waals surface area contributed by atoms with Crippen molar-refractivity contribution < 1.29 is 10.0 Å². The van der Waals surface area contributed by atoms with Gasteiger partial charge in [-0.25, -0.2) is 0 Å². The SMILES string of the molecule is CCc1ccc(C(=O)NC(CC)CC(N)=NO)cc1. The van der Waals surface area contributed by atoms with Crippen LogP contribution in [0.1, 0.15) is 42.6 Å². The number of amidine groups is 1. The Labute approximate surface area is 113 Å². The number of oxime groups is 1. The first-order valence-corrected chi connectivity index (χ1v) is 6.46. The Kier molecular flexibility index (Phi) is 5.85. The Bertz CT molecular complexity index is 441. The van der Waals surface area contributed by atoms with Crippen LogP contribution in [0, 0.1) is 0 Å². The van der Waals surface area contributed by atoms with Gasteiger partial charge in [-0.05, 0) is 30.5 Å². The van der Waals surface area contributed by atoms with Gasteiger partial charge in [0.15, 0.2) is 0 Å². The molecule has 0 aliphatic heterocycles. The van der Waals surface area contributed by atoms with E-state index in [0.29, 0.717) is 12.0 Å². The second-order valence-corrected chi connectivity index (χ2v) is 4.42. The van der Waals surface area contributed by atoms with E-state index in [1.165, 1.54) is 5.56 Å². The highest BCUT2D eigenvalue weighted by Gasteiger charge is 2.13. The Balaban J connectivity index is 2.65. The largest absolute Gasteiger partial charge is 0.409 e. The van der Waals surface area contributed by atoms with Crippen molar-refractivity contribution in [2.45, 2.75) is 39.2 Å². The van der Waals surface area contributed by atoms with Crippen molar-refractivity contribution in [3.05, 3.63) is 35.4 Å². The zero-order valence-electron chi connectivity index (χ0n) is 11.4. The van der Waals surface area contributed by atoms with Crippen LogP contribution in [-0.2, 0) is 6.42 Å². The molecule has 0 bridgehead atoms. The molecule has 0 radical (unpaired) electrons. The minimum Gasteiger partial charge on any atom is -0.409 e. The number of hydrogen-bond donors (Lipinski definition) is 3. The number of amides is 1. The van der Waals surface area contributed by atoms with E-state index in [9.17, 15) is 4.79 Å². The molecule has 0 spiro atoms. The average molecular weight is 263 g/mol. The van der Waals surface area contributed by atoms with Crippen molar-refractivity contribution in [3.63, 3.8) is 0 Å². The lowest BCUT2D eigenvalue weighted by molar-refractivity contribution is 0.0937. The molecule has 1 aromatic carbocycles. The molecule has 1 rings (SSSR count). The van der Waals surface area contributed by atoms with Crippen molar-refractivity contribution in [3.8, 4) is 0 Å². The normalized spacial score (nSPS) is 13.1. The first kappa shape index (κ1) is 15.0. The zero-order chi connectivity index (χ0) is 14.3. The van der Waals surface area contributed by atoms with Crippen LogP contribution in [-0.4, -0.2) is 23.0 Å². The maximum Gasteiger partial charge on any atom is 0.251 e. The number of hydrogen-bond acceptors (Lipinski definition) is 3. The Morgan fingerprint density at radius 2 is 2.00 bits per heavy atom. The molecule has 5 heteroatoms. The van der Waals surface area contributed by atoms with Crippen LogP contribution in [0.5, 0.6) is 0 Å². The summed E-state index contributed by atoms with van der Waals surface area (Å²) in [7, 11) is 0. The molecule has 1 unspecified atom stereocenters. The monoisotopic (exact) mass is 263 g/mol. The van der Waals surface area contributed by atoms with Gasteiger partial charge >= 0.3 is 0 Å². The molecule has 0 heterocycles. The summed E-state index contributed by atoms with van der Waals surface area (Å²) >= 11 is 0. The number of nitrogens with zero attached hydrogens (tertiary/aromatic N) is 1. The molecule has 0 aromatic heterocycles. The van der Waals surface area contributed by atoms with Crippen LogP contribution < -0.4 is 11.1 Å². The standard InChI is InChI=1S/C14H21N3O2/c1-3-10-5-7-11(8-6-10)14(18)16-12(4-2)9-13(15)17-19/h5-8,12,19H,3-4,9H2,1-2H3,(H2,15,17)(H,16,18). The van der Waals surface area contributed by atoms with E-state index in [4.69, 9.17) is 10.9 Å². The molecule has 0 aliphatic rings. The molecule has 104 valence electrons. The fourth-order valence-electron chi connectivity index (χ4n) is 1.75. The van der Waals surface area contributed by atoms with Crippen molar-refractivity contribution in [2.75, 3.05) is 0 Å². The third-order valence-corrected chi connectivity index (χ3v) is 3.04. The summed E-state index contributed by atoms with van der Waals surface area (Å²) in [6, 6.07) is 7.38. The summed E-state index contributed by atoms with van der Waals surface area (Å²) in [4.78, 5) is 12.0. The van der Waals surface area contributed by atoms with Gasteiger partial charge in [-0.1, -0.05) is 31.1 Å². The maximum absolute atomic E-state index is 12.0. The second kappa shape index (κ2) is 7.41. The summed E-state index contributed by atoms with van der Waals surface area (Å²) in [6.45, 7) is 4.01. The van der Waals surface area contributed by atoms with E-state index in [0.717, 1.165) is 12.8 Å². The number of aryl methyl sites for hydroxylation is 1. The zero-order valence-corrected chi connectivity index (χ0v) is 11.4. The van der Waals surface area contributed by atoms with Gasteiger partial charge in [-0.3, -0.25) is 4.79 Å². The van der Waals surface area contributed by atoms with Crippen LogP contribution in [0.2, 0.25) is 0 Å². The van der Waals surface area contributed by atoms with Crippen molar-refractivity contribution >= 4 is 11.7 Å². The highest BCUT2D eigenvalue weighted by Crippen LogP contribution is 2.06. The molecule has 5 nitrogen and oxygen atoms in total. The van der Waals surface area contributed by atoms with E-state index in [1.807, 2.05) is 31.2 Å². The topological polar surface area (TPSA) is 87.7 Å². The van der Waals surface area contributed by atoms with Gasteiger partial charge in [-0.2, -0.15) is 0 Å². The summed E-state index contributed by atoms with van der Waals surface area (Å²) in [5.41, 5.74) is 7.27. The number of benzene rings is 1. The predicted molar refractivity (Wildman–Crippen MR) is 75.4 cm³/mol. The summed E-state index contributed by atoms with van der Waals surface area (Å²) in [5, 5.41) is 14.3. The van der Waals surface area contributed by atoms with E-state index < -0.39 is 0 Å². The van der Waals surface area contributed by atoms with Gasteiger partial charge in [0.05, 0.1) is 0 Å². The van der Waals surface area contributed by atoms with E-state index in [2.05, 4.69) is 17.4 Å². The summed E-state index contributed by atoms with van der Waals surface area (Å²) in [5.74, 6) is -0.0197. The molecule has 0 saturated carbocycles. The van der Waals surface area contributed by atoms with E-state index in [1.54, 1.807) is 0 Å². The van der Waals surface area contributed by atoms with Gasteiger partial charge in [0.1, 0.15) is 5.84 Å². The molecule has 0 aliphatic carbocycles. The van der Waals surface area contributed by atoms with Gasteiger partial charge < -0.3 is 16.3 Å². The summed E-state index contributed by atoms with van der Waals surface area (Å²) in [6.07, 6.45) is 2.00. The lowest BCUT2D eigenvalue weighted by Crippen LogP contribution is -2.37. The predicted octanol–water partition coefficient (Wildman–Crippen LogP) is 1.89. The molecule has 19 heavy (non-hydrogen) atoms. The van der Waals surface area contributed by atoms with Crippen LogP contribution in [0.3, 0.4) is 0 Å². The fourth-order valence-corrected chi connectivity index (χ4v) is 1.75. The molecular weight excluding hydrogens is 242 g/mol. The van der Waals surface area contributed by atoms with Crippen molar-refractivity contribution in [2.24, 2.45) is 10.9 Å². The van der Waals surface area contributed by atoms with E-state index >= 15 is 0 Å². The molecular formula is C14H21N3O2. The van der Waals surface area contributed by atoms with Crippen molar-refractivity contribution in [1.82, 2.24) is 5.32 Å². The van der Waals surface area contributed by atoms with Gasteiger partial charge in [0.2, 0.25) is 0 Å². The lowest BCUT2D eigenvalue weighted by atomic mass is 10.1. The van der Waals surface area contributed by atoms with Gasteiger partial charge in [0.25, 0.3) is 5.91 Å². The second-order valence-electron chi connectivity index (χ2n) is 4.42. The van der Waals surface area contributed by atoms with Crippen LogP contribution >= 0.6 is 0 Å².